The second kappa shape index (κ2) is 3.56. The molecule has 0 atom stereocenters. The summed E-state index contributed by atoms with van der Waals surface area (Å²) in [6.45, 7) is 0. The number of nitrogens with two attached hydrogens (primary N) is 1. The summed E-state index contributed by atoms with van der Waals surface area (Å²) in [6.07, 6.45) is 1.21. The largest absolute Gasteiger partial charge is 0.255 e. The number of aromatic nitrogens is 1. The van der Waals surface area contributed by atoms with Crippen LogP contribution in [0.25, 0.3) is 10.9 Å². The molecule has 0 bridgehead atoms. The molecule has 1 aromatic heterocycles. The van der Waals surface area contributed by atoms with E-state index in [9.17, 15) is 8.42 Å². The van der Waals surface area contributed by atoms with Gasteiger partial charge < -0.3 is 0 Å². The maximum Gasteiger partial charge on any atom is 0.240 e. The fraction of sp³-hybridized carbons (Fsp3) is 0. The zero-order valence-electron chi connectivity index (χ0n) is 8.08. The van der Waals surface area contributed by atoms with E-state index in [1.54, 1.807) is 30.3 Å². The highest BCUT2D eigenvalue weighted by Gasteiger charge is 2.18. The minimum atomic E-state index is -3.93. The molecule has 0 unspecified atom stereocenters. The molecule has 16 heavy (non-hydrogen) atoms. The Labute approximate surface area is 92.2 Å². The van der Waals surface area contributed by atoms with Crippen LogP contribution in [0.1, 0.15) is 5.56 Å². The fourth-order valence-electron chi connectivity index (χ4n) is 1.50. The summed E-state index contributed by atoms with van der Waals surface area (Å²) in [6, 6.07) is 8.40. The third kappa shape index (κ3) is 1.62. The van der Waals surface area contributed by atoms with Crippen LogP contribution < -0.4 is 5.14 Å². The molecule has 0 amide bonds. The fourth-order valence-corrected chi connectivity index (χ4v) is 2.39. The Hall–Kier alpha value is -1.97. The van der Waals surface area contributed by atoms with Crippen molar-refractivity contribution in [3.8, 4) is 6.07 Å². The van der Waals surface area contributed by atoms with Crippen LogP contribution >= 0.6 is 0 Å². The number of nitrogens with zero attached hydrogens (tertiary/aromatic N) is 2. The third-order valence-corrected chi connectivity index (χ3v) is 3.14. The zero-order chi connectivity index (χ0) is 11.8. The van der Waals surface area contributed by atoms with Crippen LogP contribution in [0.2, 0.25) is 0 Å². The molecule has 0 saturated carbocycles. The Morgan fingerprint density at radius 2 is 2.00 bits per heavy atom. The molecule has 0 aliphatic rings. The number of hydrogen-bond acceptors (Lipinski definition) is 4. The van der Waals surface area contributed by atoms with Crippen molar-refractivity contribution in [2.45, 2.75) is 4.90 Å². The van der Waals surface area contributed by atoms with Crippen LogP contribution in [-0.4, -0.2) is 13.4 Å². The highest BCUT2D eigenvalue weighted by atomic mass is 32.2. The molecule has 6 heteroatoms. The van der Waals surface area contributed by atoms with Crippen LogP contribution in [0.4, 0.5) is 0 Å². The molecule has 2 N–H and O–H groups in total. The van der Waals surface area contributed by atoms with Crippen LogP contribution in [-0.2, 0) is 10.0 Å². The summed E-state index contributed by atoms with van der Waals surface area (Å²) >= 11 is 0. The summed E-state index contributed by atoms with van der Waals surface area (Å²) in [5, 5.41) is 14.3. The Kier molecular flexibility index (Phi) is 2.34. The highest BCUT2D eigenvalue weighted by Crippen LogP contribution is 2.23. The summed E-state index contributed by atoms with van der Waals surface area (Å²) in [4.78, 5) is 3.82. The van der Waals surface area contributed by atoms with E-state index >= 15 is 0 Å². The molecular formula is C10H7N3O2S. The molecule has 0 aliphatic carbocycles. The molecule has 1 aromatic carbocycles. The summed E-state index contributed by atoms with van der Waals surface area (Å²) < 4.78 is 22.9. The monoisotopic (exact) mass is 233 g/mol. The second-order valence-corrected chi connectivity index (χ2v) is 4.67. The highest BCUT2D eigenvalue weighted by molar-refractivity contribution is 7.89. The van der Waals surface area contributed by atoms with Crippen molar-refractivity contribution < 1.29 is 8.42 Å². The number of para-hydroxylation sites is 1. The van der Waals surface area contributed by atoms with Crippen LogP contribution in [0, 0.1) is 11.3 Å². The maximum atomic E-state index is 11.4. The van der Waals surface area contributed by atoms with Gasteiger partial charge in [0.15, 0.2) is 0 Å². The van der Waals surface area contributed by atoms with E-state index in [2.05, 4.69) is 4.98 Å². The van der Waals surface area contributed by atoms with E-state index < -0.39 is 10.0 Å². The van der Waals surface area contributed by atoms with Gasteiger partial charge in [0, 0.05) is 11.6 Å². The molecule has 0 aliphatic heterocycles. The van der Waals surface area contributed by atoms with E-state index in [4.69, 9.17) is 10.4 Å². The smallest absolute Gasteiger partial charge is 0.240 e. The number of benzene rings is 1. The van der Waals surface area contributed by atoms with E-state index in [0.717, 1.165) is 0 Å². The lowest BCUT2D eigenvalue weighted by Crippen LogP contribution is -2.14. The normalized spacial score (nSPS) is 11.2. The van der Waals surface area contributed by atoms with Gasteiger partial charge in [-0.2, -0.15) is 5.26 Å². The minimum Gasteiger partial charge on any atom is -0.255 e. The standard InChI is InChI=1S/C10H7N3O2S/c11-5-7-6-13-9-4-2-1-3-8(9)10(7)16(12,14)15/h1-4,6H,(H2,12,14,15). The Morgan fingerprint density at radius 1 is 1.31 bits per heavy atom. The predicted molar refractivity (Wildman–Crippen MR) is 57.8 cm³/mol. The average Bonchev–Trinajstić information content (AvgIpc) is 2.26. The van der Waals surface area contributed by atoms with Gasteiger partial charge in [-0.1, -0.05) is 18.2 Å². The number of fused-ring (bicyclic) bond motifs is 1. The summed E-state index contributed by atoms with van der Waals surface area (Å²) in [5.41, 5.74) is 0.451. The summed E-state index contributed by atoms with van der Waals surface area (Å²) in [5.74, 6) is 0. The predicted octanol–water partition coefficient (Wildman–Crippen LogP) is 0.754. The first-order valence-corrected chi connectivity index (χ1v) is 5.89. The molecule has 0 saturated heterocycles. The van der Waals surface area contributed by atoms with E-state index in [1.165, 1.54) is 6.20 Å². The molecule has 2 aromatic rings. The first-order chi connectivity index (χ1) is 7.54. The van der Waals surface area contributed by atoms with Crippen molar-refractivity contribution in [3.63, 3.8) is 0 Å². The molecule has 0 spiro atoms. The Bertz CT molecular complexity index is 702. The van der Waals surface area contributed by atoms with Crippen LogP contribution in [0.3, 0.4) is 0 Å². The SMILES string of the molecule is N#Cc1cnc2ccccc2c1S(N)(=O)=O. The topological polar surface area (TPSA) is 96.8 Å². The van der Waals surface area contributed by atoms with Crippen molar-refractivity contribution in [1.29, 1.82) is 5.26 Å². The van der Waals surface area contributed by atoms with Crippen molar-refractivity contribution in [2.24, 2.45) is 5.14 Å². The average molecular weight is 233 g/mol. The number of pyridine rings is 1. The quantitative estimate of drug-likeness (QED) is 0.786. The van der Waals surface area contributed by atoms with Crippen molar-refractivity contribution in [2.75, 3.05) is 0 Å². The van der Waals surface area contributed by atoms with Crippen LogP contribution in [0.5, 0.6) is 0 Å². The zero-order valence-corrected chi connectivity index (χ0v) is 8.90. The third-order valence-electron chi connectivity index (χ3n) is 2.13. The van der Waals surface area contributed by atoms with Crippen LogP contribution in [0.15, 0.2) is 35.4 Å². The molecule has 0 fully saturated rings. The number of sulfonamides is 1. The number of nitriles is 1. The first-order valence-electron chi connectivity index (χ1n) is 4.34. The number of rotatable bonds is 1. The van der Waals surface area contributed by atoms with Gasteiger partial charge in [-0.15, -0.1) is 0 Å². The maximum absolute atomic E-state index is 11.4. The van der Waals surface area contributed by atoms with Gasteiger partial charge in [-0.3, -0.25) is 4.98 Å². The van der Waals surface area contributed by atoms with Gasteiger partial charge in [0.05, 0.1) is 11.1 Å². The van der Waals surface area contributed by atoms with Gasteiger partial charge in [-0.25, -0.2) is 13.6 Å². The van der Waals surface area contributed by atoms with Gasteiger partial charge >= 0.3 is 0 Å². The summed E-state index contributed by atoms with van der Waals surface area (Å²) in [7, 11) is -3.93. The van der Waals surface area contributed by atoms with Crippen molar-refractivity contribution in [3.05, 3.63) is 36.0 Å². The number of hydrogen-bond donors (Lipinski definition) is 1. The van der Waals surface area contributed by atoms with Gasteiger partial charge in [-0.05, 0) is 6.07 Å². The van der Waals surface area contributed by atoms with E-state index in [-0.39, 0.29) is 10.5 Å². The molecule has 2 rings (SSSR count). The molecule has 0 radical (unpaired) electrons. The van der Waals surface area contributed by atoms with Gasteiger partial charge in [0.2, 0.25) is 10.0 Å². The van der Waals surface area contributed by atoms with Crippen molar-refractivity contribution in [1.82, 2.24) is 4.98 Å². The second-order valence-electron chi connectivity index (χ2n) is 3.17. The number of primary sulfonamides is 1. The molecule has 80 valence electrons. The lowest BCUT2D eigenvalue weighted by molar-refractivity contribution is 0.598. The molecule has 1 heterocycles. The Balaban J connectivity index is 3.03. The van der Waals surface area contributed by atoms with E-state index in [1.807, 2.05) is 0 Å². The lowest BCUT2D eigenvalue weighted by atomic mass is 10.2. The first kappa shape index (κ1) is 10.5. The molecule has 5 nitrogen and oxygen atoms in total. The van der Waals surface area contributed by atoms with Gasteiger partial charge in [0.25, 0.3) is 0 Å². The molecular weight excluding hydrogens is 226 g/mol. The van der Waals surface area contributed by atoms with E-state index in [0.29, 0.717) is 10.9 Å². The lowest BCUT2D eigenvalue weighted by Gasteiger charge is -2.05. The van der Waals surface area contributed by atoms with Crippen molar-refractivity contribution >= 4 is 20.9 Å². The Morgan fingerprint density at radius 3 is 2.62 bits per heavy atom. The minimum absolute atomic E-state index is 0.0406. The van der Waals surface area contributed by atoms with Gasteiger partial charge in [0.1, 0.15) is 11.0 Å².